The molecule has 37 heavy (non-hydrogen) atoms. The monoisotopic (exact) mass is 517 g/mol. The Morgan fingerprint density at radius 2 is 1.62 bits per heavy atom. The molecule has 192 valence electrons. The van der Waals surface area contributed by atoms with Crippen LogP contribution in [0.3, 0.4) is 0 Å². The molecule has 0 bridgehead atoms. The van der Waals surface area contributed by atoms with E-state index in [2.05, 4.69) is 5.32 Å². The zero-order valence-electron chi connectivity index (χ0n) is 21.1. The molecule has 8 heteroatoms. The molecule has 0 aliphatic carbocycles. The molecule has 3 aromatic rings. The number of hydrogen-bond acceptors (Lipinski definition) is 5. The summed E-state index contributed by atoms with van der Waals surface area (Å²) in [5, 5.41) is 3.33. The maximum Gasteiger partial charge on any atom is 0.252 e. The molecule has 7 nitrogen and oxygen atoms in total. The van der Waals surface area contributed by atoms with E-state index in [1.165, 1.54) is 0 Å². The predicted octanol–water partition coefficient (Wildman–Crippen LogP) is 4.66. The Morgan fingerprint density at radius 3 is 2.27 bits per heavy atom. The van der Waals surface area contributed by atoms with Gasteiger partial charge in [-0.1, -0.05) is 42.5 Å². The molecule has 1 heterocycles. The number of hydrogen-bond donors (Lipinski definition) is 1. The summed E-state index contributed by atoms with van der Waals surface area (Å²) in [5.41, 5.74) is 2.73. The number of methoxy groups -OCH3 is 1. The summed E-state index contributed by atoms with van der Waals surface area (Å²) in [6, 6.07) is 24.1. The predicted molar refractivity (Wildman–Crippen MR) is 148 cm³/mol. The molecule has 2 amide bonds. The third kappa shape index (κ3) is 6.65. The highest BCUT2D eigenvalue weighted by Crippen LogP contribution is 2.25. The molecule has 4 rings (SSSR count). The summed E-state index contributed by atoms with van der Waals surface area (Å²) < 4.78 is 10.7. The molecule has 1 N–H and O–H groups in total. The molecule has 1 atom stereocenters. The van der Waals surface area contributed by atoms with Gasteiger partial charge in [0.25, 0.3) is 5.91 Å². The van der Waals surface area contributed by atoms with Gasteiger partial charge in [-0.05, 0) is 73.1 Å². The van der Waals surface area contributed by atoms with Crippen LogP contribution in [0.2, 0.25) is 0 Å². The minimum Gasteiger partial charge on any atom is -0.497 e. The average molecular weight is 518 g/mol. The Hall–Kier alpha value is -3.91. The van der Waals surface area contributed by atoms with Gasteiger partial charge in [0.2, 0.25) is 5.91 Å². The van der Waals surface area contributed by atoms with Gasteiger partial charge in [-0.15, -0.1) is 0 Å². The first kappa shape index (κ1) is 26.2. The number of carbonyl (C=O) groups excluding carboxylic acids is 2. The van der Waals surface area contributed by atoms with Gasteiger partial charge in [0.1, 0.15) is 17.5 Å². The first-order chi connectivity index (χ1) is 18.0. The molecular formula is C29H31N3O4S. The van der Waals surface area contributed by atoms with E-state index in [9.17, 15) is 9.59 Å². The molecule has 1 saturated heterocycles. The van der Waals surface area contributed by atoms with E-state index in [1.807, 2.05) is 66.4 Å². The number of thiocarbonyl (C=S) groups is 1. The Labute approximate surface area is 223 Å². The fraction of sp³-hybridized carbons (Fsp3) is 0.276. The smallest absolute Gasteiger partial charge is 0.252 e. The molecule has 0 radical (unpaired) electrons. The number of anilines is 1. The van der Waals surface area contributed by atoms with Crippen LogP contribution in [0.4, 0.5) is 5.69 Å². The lowest BCUT2D eigenvalue weighted by molar-refractivity contribution is -0.130. The van der Waals surface area contributed by atoms with Crippen molar-refractivity contribution in [3.05, 3.63) is 90.0 Å². The number of benzene rings is 3. The zero-order valence-corrected chi connectivity index (χ0v) is 21.9. The Kier molecular flexibility index (Phi) is 8.74. The lowest BCUT2D eigenvalue weighted by atomic mass is 10.1. The van der Waals surface area contributed by atoms with Crippen LogP contribution in [0, 0.1) is 0 Å². The van der Waals surface area contributed by atoms with Crippen LogP contribution < -0.4 is 14.8 Å². The Morgan fingerprint density at radius 1 is 0.946 bits per heavy atom. The van der Waals surface area contributed by atoms with Gasteiger partial charge >= 0.3 is 0 Å². The van der Waals surface area contributed by atoms with E-state index in [-0.39, 0.29) is 18.2 Å². The number of ether oxygens (including phenoxy) is 2. The second-order valence-electron chi connectivity index (χ2n) is 8.71. The topological polar surface area (TPSA) is 71.1 Å². The number of carbonyl (C=O) groups is 2. The van der Waals surface area contributed by atoms with Crippen LogP contribution in [0.25, 0.3) is 0 Å². The van der Waals surface area contributed by atoms with Crippen molar-refractivity contribution >= 4 is 34.8 Å². The standard InChI is InChI=1S/C29H31N3O4S/c1-3-36-25-15-11-23(12-16-25)30-27(33)19-26-28(34)31(18-17-21-7-5-4-6-8-21)29(37)32(26)20-22-9-13-24(35-2)14-10-22/h4-16,26H,3,17-20H2,1-2H3,(H,30,33). The van der Waals surface area contributed by atoms with Crippen LogP contribution in [-0.2, 0) is 22.6 Å². The van der Waals surface area contributed by atoms with E-state index in [0.717, 1.165) is 22.6 Å². The van der Waals surface area contributed by atoms with Crippen molar-refractivity contribution in [2.75, 3.05) is 25.6 Å². The van der Waals surface area contributed by atoms with Gasteiger partial charge in [-0.3, -0.25) is 14.5 Å². The molecule has 1 aliphatic heterocycles. The van der Waals surface area contributed by atoms with Crippen molar-refractivity contribution in [3.63, 3.8) is 0 Å². The van der Waals surface area contributed by atoms with E-state index in [0.29, 0.717) is 36.9 Å². The summed E-state index contributed by atoms with van der Waals surface area (Å²) in [4.78, 5) is 30.0. The minimum atomic E-state index is -0.687. The van der Waals surface area contributed by atoms with E-state index in [4.69, 9.17) is 21.7 Å². The maximum absolute atomic E-state index is 13.5. The Bertz CT molecular complexity index is 1220. The molecule has 3 aromatic carbocycles. The maximum atomic E-state index is 13.5. The van der Waals surface area contributed by atoms with Crippen LogP contribution in [0.15, 0.2) is 78.9 Å². The van der Waals surface area contributed by atoms with Crippen molar-refractivity contribution in [3.8, 4) is 11.5 Å². The number of nitrogens with zero attached hydrogens (tertiary/aromatic N) is 2. The number of nitrogens with one attached hydrogen (secondary N) is 1. The highest BCUT2D eigenvalue weighted by atomic mass is 32.1. The number of amides is 2. The van der Waals surface area contributed by atoms with Gasteiger partial charge in [0, 0.05) is 18.8 Å². The molecule has 1 fully saturated rings. The lowest BCUT2D eigenvalue weighted by Crippen LogP contribution is -2.37. The second-order valence-corrected chi connectivity index (χ2v) is 9.07. The average Bonchev–Trinajstić information content (AvgIpc) is 3.13. The fourth-order valence-corrected chi connectivity index (χ4v) is 4.65. The first-order valence-electron chi connectivity index (χ1n) is 12.3. The fourth-order valence-electron chi connectivity index (χ4n) is 4.28. The lowest BCUT2D eigenvalue weighted by Gasteiger charge is -2.24. The highest BCUT2D eigenvalue weighted by Gasteiger charge is 2.43. The van der Waals surface area contributed by atoms with Crippen molar-refractivity contribution in [1.82, 2.24) is 9.80 Å². The summed E-state index contributed by atoms with van der Waals surface area (Å²) in [6.07, 6.45) is 0.665. The molecule has 0 saturated carbocycles. The van der Waals surface area contributed by atoms with Gasteiger partial charge in [0.05, 0.1) is 20.1 Å². The van der Waals surface area contributed by atoms with Gasteiger partial charge in [0.15, 0.2) is 5.11 Å². The Balaban J connectivity index is 1.49. The summed E-state index contributed by atoms with van der Waals surface area (Å²) in [7, 11) is 1.62. The summed E-state index contributed by atoms with van der Waals surface area (Å²) in [6.45, 7) is 3.36. The van der Waals surface area contributed by atoms with Crippen molar-refractivity contribution in [1.29, 1.82) is 0 Å². The summed E-state index contributed by atoms with van der Waals surface area (Å²) in [5.74, 6) is 1.07. The largest absolute Gasteiger partial charge is 0.497 e. The minimum absolute atomic E-state index is 0.00975. The highest BCUT2D eigenvalue weighted by molar-refractivity contribution is 7.80. The van der Waals surface area contributed by atoms with Crippen LogP contribution >= 0.6 is 12.2 Å². The molecule has 0 spiro atoms. The van der Waals surface area contributed by atoms with Gasteiger partial charge in [-0.25, -0.2) is 0 Å². The SMILES string of the molecule is CCOc1ccc(NC(=O)CC2C(=O)N(CCc3ccccc3)C(=S)N2Cc2ccc(OC)cc2)cc1. The van der Waals surface area contributed by atoms with Crippen LogP contribution in [-0.4, -0.2) is 53.0 Å². The third-order valence-corrected chi connectivity index (χ3v) is 6.67. The van der Waals surface area contributed by atoms with Crippen LogP contribution in [0.5, 0.6) is 11.5 Å². The van der Waals surface area contributed by atoms with E-state index >= 15 is 0 Å². The molecule has 0 aromatic heterocycles. The van der Waals surface area contributed by atoms with Gasteiger partial charge in [-0.2, -0.15) is 0 Å². The zero-order chi connectivity index (χ0) is 26.2. The molecular weight excluding hydrogens is 486 g/mol. The van der Waals surface area contributed by atoms with E-state index in [1.54, 1.807) is 36.3 Å². The van der Waals surface area contributed by atoms with Crippen molar-refractivity contribution < 1.29 is 19.1 Å². The molecule has 1 unspecified atom stereocenters. The number of rotatable bonds is 11. The quantitative estimate of drug-likeness (QED) is 0.373. The van der Waals surface area contributed by atoms with E-state index < -0.39 is 6.04 Å². The van der Waals surface area contributed by atoms with Crippen LogP contribution in [0.1, 0.15) is 24.5 Å². The van der Waals surface area contributed by atoms with Crippen molar-refractivity contribution in [2.24, 2.45) is 0 Å². The van der Waals surface area contributed by atoms with Crippen molar-refractivity contribution in [2.45, 2.75) is 32.4 Å². The van der Waals surface area contributed by atoms with Gasteiger partial charge < -0.3 is 19.7 Å². The second kappa shape index (κ2) is 12.4. The first-order valence-corrected chi connectivity index (χ1v) is 12.7. The summed E-state index contributed by atoms with van der Waals surface area (Å²) >= 11 is 5.76. The normalized spacial score (nSPS) is 15.1. The third-order valence-electron chi connectivity index (χ3n) is 6.21. The molecule has 1 aliphatic rings.